The molecule has 0 bridgehead atoms. The van der Waals surface area contributed by atoms with Crippen molar-refractivity contribution < 1.29 is 30.8 Å². The fraction of sp³-hybridized carbons (Fsp3) is 0.263. The molecule has 7 nitrogen and oxygen atoms in total. The number of alkyl halides is 3. The Morgan fingerprint density at radius 3 is 2.53 bits per heavy atom. The van der Waals surface area contributed by atoms with Crippen LogP contribution in [0.1, 0.15) is 36.0 Å². The van der Waals surface area contributed by atoms with Crippen LogP contribution in [-0.2, 0) is 16.4 Å². The standard InChI is InChI=1S/C19H16F3N3O4S/c20-19(21,22)28-15-7-3-4-8-16(15)30(26,27)25-14-6-2-1-5-13(14)11-17-23-18(24-29-17)12-9-10-12/h1-8,12,25H,9-11H2. The van der Waals surface area contributed by atoms with E-state index in [1.165, 1.54) is 18.2 Å². The molecule has 2 aromatic carbocycles. The van der Waals surface area contributed by atoms with E-state index in [-0.39, 0.29) is 12.1 Å². The molecular formula is C19H16F3N3O4S. The smallest absolute Gasteiger partial charge is 0.404 e. The molecule has 0 saturated heterocycles. The topological polar surface area (TPSA) is 94.3 Å². The number of sulfonamides is 1. The normalized spacial score (nSPS) is 14.5. The first-order valence-electron chi connectivity index (χ1n) is 8.99. The molecule has 1 fully saturated rings. The minimum Gasteiger partial charge on any atom is -0.404 e. The molecule has 0 unspecified atom stereocenters. The quantitative estimate of drug-likeness (QED) is 0.592. The molecule has 158 valence electrons. The van der Waals surface area contributed by atoms with E-state index in [1.54, 1.807) is 18.2 Å². The average molecular weight is 439 g/mol. The molecule has 1 aromatic heterocycles. The summed E-state index contributed by atoms with van der Waals surface area (Å²) in [6.45, 7) is 0. The molecule has 0 amide bonds. The Kier molecular flexibility index (Phi) is 5.14. The lowest BCUT2D eigenvalue weighted by Gasteiger charge is -2.15. The number of benzene rings is 2. The summed E-state index contributed by atoms with van der Waals surface area (Å²) in [7, 11) is -4.37. The van der Waals surface area contributed by atoms with Crippen molar-refractivity contribution in [1.29, 1.82) is 0 Å². The number of aromatic nitrogens is 2. The van der Waals surface area contributed by atoms with Gasteiger partial charge >= 0.3 is 6.36 Å². The largest absolute Gasteiger partial charge is 0.573 e. The van der Waals surface area contributed by atoms with Crippen LogP contribution in [0.5, 0.6) is 5.75 Å². The number of ether oxygens (including phenoxy) is 1. The first kappa shape index (κ1) is 20.2. The number of halogens is 3. The Morgan fingerprint density at radius 1 is 1.10 bits per heavy atom. The van der Waals surface area contributed by atoms with Gasteiger partial charge in [-0.2, -0.15) is 4.98 Å². The second-order valence-electron chi connectivity index (χ2n) is 6.75. The molecule has 1 aliphatic carbocycles. The Morgan fingerprint density at radius 2 is 1.80 bits per heavy atom. The van der Waals surface area contributed by atoms with Crippen molar-refractivity contribution in [2.45, 2.75) is 36.4 Å². The lowest BCUT2D eigenvalue weighted by molar-refractivity contribution is -0.275. The number of rotatable bonds is 7. The van der Waals surface area contributed by atoms with Gasteiger partial charge in [0.05, 0.1) is 12.1 Å². The molecule has 1 heterocycles. The van der Waals surface area contributed by atoms with Gasteiger partial charge in [0, 0.05) is 5.92 Å². The first-order valence-corrected chi connectivity index (χ1v) is 10.5. The van der Waals surface area contributed by atoms with Crippen molar-refractivity contribution in [1.82, 2.24) is 10.1 Å². The fourth-order valence-corrected chi connectivity index (χ4v) is 4.10. The predicted molar refractivity (Wildman–Crippen MR) is 99.5 cm³/mol. The van der Waals surface area contributed by atoms with Gasteiger partial charge in [-0.3, -0.25) is 4.72 Å². The third kappa shape index (κ3) is 4.73. The molecular weight excluding hydrogens is 423 g/mol. The van der Waals surface area contributed by atoms with Crippen LogP contribution >= 0.6 is 0 Å². The summed E-state index contributed by atoms with van der Waals surface area (Å²) in [5, 5.41) is 3.92. The third-order valence-corrected chi connectivity index (χ3v) is 5.80. The Labute approximate surface area is 169 Å². The minimum absolute atomic E-state index is 0.166. The van der Waals surface area contributed by atoms with Crippen LogP contribution in [0.3, 0.4) is 0 Å². The van der Waals surface area contributed by atoms with Crippen molar-refractivity contribution in [3.63, 3.8) is 0 Å². The predicted octanol–water partition coefficient (Wildman–Crippen LogP) is 4.24. The van der Waals surface area contributed by atoms with Gasteiger partial charge in [0.2, 0.25) is 5.89 Å². The third-order valence-electron chi connectivity index (χ3n) is 4.39. The van der Waals surface area contributed by atoms with Gasteiger partial charge in [-0.05, 0) is 36.6 Å². The lowest BCUT2D eigenvalue weighted by Crippen LogP contribution is -2.21. The summed E-state index contributed by atoms with van der Waals surface area (Å²) in [4.78, 5) is 3.68. The molecule has 3 aromatic rings. The van der Waals surface area contributed by atoms with E-state index in [4.69, 9.17) is 4.52 Å². The highest BCUT2D eigenvalue weighted by molar-refractivity contribution is 7.92. The van der Waals surface area contributed by atoms with Crippen molar-refractivity contribution >= 4 is 15.7 Å². The van der Waals surface area contributed by atoms with Gasteiger partial charge < -0.3 is 9.26 Å². The number of para-hydroxylation sites is 2. The zero-order valence-corrected chi connectivity index (χ0v) is 16.2. The highest BCUT2D eigenvalue weighted by Crippen LogP contribution is 2.38. The van der Waals surface area contributed by atoms with Crippen molar-refractivity contribution in [2.75, 3.05) is 4.72 Å². The van der Waals surface area contributed by atoms with Gasteiger partial charge in [-0.25, -0.2) is 8.42 Å². The summed E-state index contributed by atoms with van der Waals surface area (Å²) < 4.78 is 75.0. The van der Waals surface area contributed by atoms with Crippen LogP contribution in [0.15, 0.2) is 57.9 Å². The van der Waals surface area contributed by atoms with Gasteiger partial charge in [0.15, 0.2) is 5.82 Å². The van der Waals surface area contributed by atoms with Crippen LogP contribution in [0.2, 0.25) is 0 Å². The Bertz CT molecular complexity index is 1160. The van der Waals surface area contributed by atoms with Crippen molar-refractivity contribution in [2.24, 2.45) is 0 Å². The van der Waals surface area contributed by atoms with Crippen LogP contribution < -0.4 is 9.46 Å². The monoisotopic (exact) mass is 439 g/mol. The molecule has 0 atom stereocenters. The maximum absolute atomic E-state index is 12.8. The van der Waals surface area contributed by atoms with E-state index in [0.717, 1.165) is 25.0 Å². The lowest BCUT2D eigenvalue weighted by atomic mass is 10.1. The van der Waals surface area contributed by atoms with Crippen LogP contribution in [0, 0.1) is 0 Å². The number of nitrogens with one attached hydrogen (secondary N) is 1. The molecule has 11 heteroatoms. The van der Waals surface area contributed by atoms with Crippen molar-refractivity contribution in [3.8, 4) is 5.75 Å². The van der Waals surface area contributed by atoms with Gasteiger partial charge in [0.1, 0.15) is 10.6 Å². The summed E-state index contributed by atoms with van der Waals surface area (Å²) >= 11 is 0. The van der Waals surface area contributed by atoms with E-state index in [1.807, 2.05) is 0 Å². The van der Waals surface area contributed by atoms with Gasteiger partial charge in [0.25, 0.3) is 10.0 Å². The van der Waals surface area contributed by atoms with Crippen LogP contribution in [0.4, 0.5) is 18.9 Å². The molecule has 1 aliphatic rings. The minimum atomic E-state index is -5.03. The van der Waals surface area contributed by atoms with Crippen molar-refractivity contribution in [3.05, 3.63) is 65.8 Å². The molecule has 0 spiro atoms. The van der Waals surface area contributed by atoms with Crippen LogP contribution in [0.25, 0.3) is 0 Å². The summed E-state index contributed by atoms with van der Waals surface area (Å²) in [6.07, 6.45) is -2.84. The first-order chi connectivity index (χ1) is 14.2. The van der Waals surface area contributed by atoms with Gasteiger partial charge in [-0.15, -0.1) is 13.2 Å². The molecule has 1 saturated carbocycles. The van der Waals surface area contributed by atoms with Crippen LogP contribution in [-0.4, -0.2) is 24.9 Å². The molecule has 0 aliphatic heterocycles. The van der Waals surface area contributed by atoms with E-state index >= 15 is 0 Å². The highest BCUT2D eigenvalue weighted by Gasteiger charge is 2.34. The van der Waals surface area contributed by atoms with E-state index in [2.05, 4.69) is 19.6 Å². The Hall–Kier alpha value is -3.08. The molecule has 1 N–H and O–H groups in total. The zero-order valence-electron chi connectivity index (χ0n) is 15.4. The average Bonchev–Trinajstić information content (AvgIpc) is 3.41. The number of hydrogen-bond donors (Lipinski definition) is 1. The number of nitrogens with zero attached hydrogens (tertiary/aromatic N) is 2. The maximum Gasteiger partial charge on any atom is 0.573 e. The number of hydrogen-bond acceptors (Lipinski definition) is 6. The second kappa shape index (κ2) is 7.63. The van der Waals surface area contributed by atoms with Gasteiger partial charge in [-0.1, -0.05) is 35.5 Å². The van der Waals surface area contributed by atoms with E-state index in [9.17, 15) is 21.6 Å². The summed E-state index contributed by atoms with van der Waals surface area (Å²) in [6, 6.07) is 11.0. The molecule has 30 heavy (non-hydrogen) atoms. The second-order valence-corrected chi connectivity index (χ2v) is 8.41. The maximum atomic E-state index is 12.8. The summed E-state index contributed by atoms with van der Waals surface area (Å²) in [5.74, 6) is 0.438. The Balaban J connectivity index is 1.60. The SMILES string of the molecule is O=S(=O)(Nc1ccccc1Cc1nc(C2CC2)no1)c1ccccc1OC(F)(F)F. The van der Waals surface area contributed by atoms with E-state index in [0.29, 0.717) is 23.2 Å². The zero-order chi connectivity index (χ0) is 21.4. The fourth-order valence-electron chi connectivity index (χ4n) is 2.87. The molecule has 0 radical (unpaired) electrons. The van der Waals surface area contributed by atoms with E-state index < -0.39 is 27.0 Å². The molecule has 4 rings (SSSR count). The number of anilines is 1. The highest BCUT2D eigenvalue weighted by atomic mass is 32.2. The summed E-state index contributed by atoms with van der Waals surface area (Å²) in [5.41, 5.74) is 0.715.